The highest BCUT2D eigenvalue weighted by Crippen LogP contribution is 2.28. The number of thiophene rings is 1. The van der Waals surface area contributed by atoms with Crippen LogP contribution in [0.2, 0.25) is 0 Å². The monoisotopic (exact) mass is 201 g/mol. The second-order valence-electron chi connectivity index (χ2n) is 2.99. The van der Waals surface area contributed by atoms with E-state index in [4.69, 9.17) is 0 Å². The topological polar surface area (TPSA) is 12.9 Å². The standard InChI is InChI=1S/C12H11NS/c1-2-3-12-11(6-9-14-12)10-4-7-13-8-5-10/h2,4-9H,1,3H2. The summed E-state index contributed by atoms with van der Waals surface area (Å²) in [4.78, 5) is 5.38. The first kappa shape index (κ1) is 9.16. The molecule has 2 aromatic heterocycles. The molecule has 2 heterocycles. The van der Waals surface area contributed by atoms with Gasteiger partial charge in [0.2, 0.25) is 0 Å². The molecule has 14 heavy (non-hydrogen) atoms. The zero-order chi connectivity index (χ0) is 9.80. The van der Waals surface area contributed by atoms with Gasteiger partial charge >= 0.3 is 0 Å². The number of rotatable bonds is 3. The zero-order valence-electron chi connectivity index (χ0n) is 7.81. The average molecular weight is 201 g/mol. The highest BCUT2D eigenvalue weighted by atomic mass is 32.1. The van der Waals surface area contributed by atoms with Crippen molar-refractivity contribution in [2.75, 3.05) is 0 Å². The van der Waals surface area contributed by atoms with E-state index in [0.29, 0.717) is 0 Å². The lowest BCUT2D eigenvalue weighted by Gasteiger charge is -2.00. The Morgan fingerprint density at radius 1 is 1.29 bits per heavy atom. The quantitative estimate of drug-likeness (QED) is 0.692. The molecular formula is C12H11NS. The molecule has 0 unspecified atom stereocenters. The minimum absolute atomic E-state index is 0.940. The van der Waals surface area contributed by atoms with Crippen LogP contribution in [-0.4, -0.2) is 4.98 Å². The second-order valence-corrected chi connectivity index (χ2v) is 3.99. The maximum Gasteiger partial charge on any atom is 0.0273 e. The second kappa shape index (κ2) is 4.20. The third-order valence-electron chi connectivity index (χ3n) is 2.07. The number of pyridine rings is 1. The molecule has 0 radical (unpaired) electrons. The van der Waals surface area contributed by atoms with E-state index in [1.807, 2.05) is 30.6 Å². The molecule has 0 saturated heterocycles. The molecule has 2 aromatic rings. The van der Waals surface area contributed by atoms with Crippen LogP contribution in [0.25, 0.3) is 11.1 Å². The first-order valence-electron chi connectivity index (χ1n) is 4.49. The molecule has 0 bridgehead atoms. The van der Waals surface area contributed by atoms with Crippen LogP contribution >= 0.6 is 11.3 Å². The maximum atomic E-state index is 4.01. The fourth-order valence-corrected chi connectivity index (χ4v) is 2.31. The number of allylic oxidation sites excluding steroid dienone is 1. The van der Waals surface area contributed by atoms with E-state index in [2.05, 4.69) is 23.0 Å². The van der Waals surface area contributed by atoms with E-state index >= 15 is 0 Å². The lowest BCUT2D eigenvalue weighted by molar-refractivity contribution is 1.31. The Morgan fingerprint density at radius 3 is 2.79 bits per heavy atom. The van der Waals surface area contributed by atoms with Gasteiger partial charge in [0.25, 0.3) is 0 Å². The predicted molar refractivity (Wildman–Crippen MR) is 61.5 cm³/mol. The fraction of sp³-hybridized carbons (Fsp3) is 0.0833. The van der Waals surface area contributed by atoms with Gasteiger partial charge in [-0.15, -0.1) is 17.9 Å². The van der Waals surface area contributed by atoms with Crippen molar-refractivity contribution in [3.05, 3.63) is 53.5 Å². The number of aromatic nitrogens is 1. The van der Waals surface area contributed by atoms with Gasteiger partial charge in [0.15, 0.2) is 0 Å². The van der Waals surface area contributed by atoms with Gasteiger partial charge in [-0.05, 0) is 34.7 Å². The molecule has 2 heteroatoms. The van der Waals surface area contributed by atoms with Crippen molar-refractivity contribution in [2.45, 2.75) is 6.42 Å². The van der Waals surface area contributed by atoms with Gasteiger partial charge < -0.3 is 0 Å². The fourth-order valence-electron chi connectivity index (χ4n) is 1.42. The van der Waals surface area contributed by atoms with Crippen molar-refractivity contribution in [3.8, 4) is 11.1 Å². The molecule has 0 N–H and O–H groups in total. The zero-order valence-corrected chi connectivity index (χ0v) is 8.63. The molecule has 0 atom stereocenters. The minimum atomic E-state index is 0.940. The molecular weight excluding hydrogens is 190 g/mol. The van der Waals surface area contributed by atoms with Gasteiger partial charge in [-0.2, -0.15) is 0 Å². The molecule has 0 spiro atoms. The number of hydrogen-bond donors (Lipinski definition) is 0. The highest BCUT2D eigenvalue weighted by molar-refractivity contribution is 7.10. The Morgan fingerprint density at radius 2 is 2.07 bits per heavy atom. The van der Waals surface area contributed by atoms with Crippen molar-refractivity contribution < 1.29 is 0 Å². The molecule has 0 amide bonds. The van der Waals surface area contributed by atoms with E-state index < -0.39 is 0 Å². The van der Waals surface area contributed by atoms with Gasteiger partial charge in [0, 0.05) is 23.7 Å². The van der Waals surface area contributed by atoms with Gasteiger partial charge in [0.1, 0.15) is 0 Å². The van der Waals surface area contributed by atoms with Crippen LogP contribution in [0.3, 0.4) is 0 Å². The van der Waals surface area contributed by atoms with Crippen LogP contribution in [0.4, 0.5) is 0 Å². The summed E-state index contributed by atoms with van der Waals surface area (Å²) in [5, 5.41) is 2.12. The summed E-state index contributed by atoms with van der Waals surface area (Å²) in [7, 11) is 0. The van der Waals surface area contributed by atoms with Crippen LogP contribution in [0.1, 0.15) is 4.88 Å². The third kappa shape index (κ3) is 1.75. The summed E-state index contributed by atoms with van der Waals surface area (Å²) in [6.45, 7) is 3.76. The SMILES string of the molecule is C=CCc1sccc1-c1ccncc1. The predicted octanol–water partition coefficient (Wildman–Crippen LogP) is 3.54. The molecule has 1 nitrogen and oxygen atoms in total. The van der Waals surface area contributed by atoms with E-state index in [0.717, 1.165) is 6.42 Å². The van der Waals surface area contributed by atoms with E-state index in [-0.39, 0.29) is 0 Å². The molecule has 0 aromatic carbocycles. The first-order valence-corrected chi connectivity index (χ1v) is 5.37. The summed E-state index contributed by atoms with van der Waals surface area (Å²) in [5.41, 5.74) is 2.54. The van der Waals surface area contributed by atoms with Crippen molar-refractivity contribution in [1.82, 2.24) is 4.98 Å². The summed E-state index contributed by atoms with van der Waals surface area (Å²) in [6.07, 6.45) is 6.53. The first-order chi connectivity index (χ1) is 6.92. The molecule has 0 aliphatic heterocycles. The van der Waals surface area contributed by atoms with Crippen molar-refractivity contribution in [3.63, 3.8) is 0 Å². The van der Waals surface area contributed by atoms with Gasteiger partial charge in [-0.25, -0.2) is 0 Å². The number of hydrogen-bond acceptors (Lipinski definition) is 2. The van der Waals surface area contributed by atoms with Crippen LogP contribution in [0.15, 0.2) is 48.6 Å². The lowest BCUT2D eigenvalue weighted by Crippen LogP contribution is -1.81. The normalized spacial score (nSPS) is 10.0. The average Bonchev–Trinajstić information content (AvgIpc) is 2.68. The molecule has 0 aliphatic carbocycles. The Bertz CT molecular complexity index is 417. The Hall–Kier alpha value is -1.41. The lowest BCUT2D eigenvalue weighted by atomic mass is 10.1. The van der Waals surface area contributed by atoms with Gasteiger partial charge in [-0.3, -0.25) is 4.98 Å². The molecule has 0 fully saturated rings. The third-order valence-corrected chi connectivity index (χ3v) is 3.01. The van der Waals surface area contributed by atoms with E-state index in [9.17, 15) is 0 Å². The Balaban J connectivity index is 2.41. The van der Waals surface area contributed by atoms with Crippen molar-refractivity contribution >= 4 is 11.3 Å². The maximum absolute atomic E-state index is 4.01. The van der Waals surface area contributed by atoms with Crippen molar-refractivity contribution in [1.29, 1.82) is 0 Å². The molecule has 0 aliphatic rings. The Labute approximate surface area is 87.8 Å². The van der Waals surface area contributed by atoms with Gasteiger partial charge in [-0.1, -0.05) is 6.08 Å². The summed E-state index contributed by atoms with van der Waals surface area (Å²) in [6, 6.07) is 6.22. The molecule has 0 saturated carbocycles. The van der Waals surface area contributed by atoms with Crippen molar-refractivity contribution in [2.24, 2.45) is 0 Å². The highest BCUT2D eigenvalue weighted by Gasteiger charge is 2.04. The Kier molecular flexibility index (Phi) is 2.75. The molecule has 70 valence electrons. The summed E-state index contributed by atoms with van der Waals surface area (Å²) in [5.74, 6) is 0. The van der Waals surface area contributed by atoms with Gasteiger partial charge in [0.05, 0.1) is 0 Å². The van der Waals surface area contributed by atoms with Crippen LogP contribution in [0.5, 0.6) is 0 Å². The molecule has 2 rings (SSSR count). The van der Waals surface area contributed by atoms with E-state index in [1.54, 1.807) is 11.3 Å². The number of nitrogens with zero attached hydrogens (tertiary/aromatic N) is 1. The van der Waals surface area contributed by atoms with E-state index in [1.165, 1.54) is 16.0 Å². The minimum Gasteiger partial charge on any atom is -0.265 e. The summed E-state index contributed by atoms with van der Waals surface area (Å²) < 4.78 is 0. The van der Waals surface area contributed by atoms with Crippen LogP contribution in [0, 0.1) is 0 Å². The largest absolute Gasteiger partial charge is 0.265 e. The van der Waals surface area contributed by atoms with Crippen LogP contribution in [-0.2, 0) is 6.42 Å². The smallest absolute Gasteiger partial charge is 0.0273 e. The van der Waals surface area contributed by atoms with Crippen LogP contribution < -0.4 is 0 Å². The summed E-state index contributed by atoms with van der Waals surface area (Å²) >= 11 is 1.78.